The molecule has 0 saturated heterocycles. The van der Waals surface area contributed by atoms with Crippen molar-refractivity contribution in [2.24, 2.45) is 0 Å². The number of sulfonamides is 1. The van der Waals surface area contributed by atoms with Crippen LogP contribution in [0.3, 0.4) is 0 Å². The number of benzene rings is 1. The summed E-state index contributed by atoms with van der Waals surface area (Å²) in [7, 11) is -1.71. The number of hydrogen-bond donors (Lipinski definition) is 2. The molecule has 0 aliphatic carbocycles. The van der Waals surface area contributed by atoms with Crippen LogP contribution in [0.1, 0.15) is 38.2 Å². The van der Waals surface area contributed by atoms with E-state index in [2.05, 4.69) is 17.0 Å². The number of halogens is 1. The Morgan fingerprint density at radius 2 is 1.95 bits per heavy atom. The Morgan fingerprint density at radius 3 is 2.60 bits per heavy atom. The minimum atomic E-state index is -3.53. The summed E-state index contributed by atoms with van der Waals surface area (Å²) < 4.78 is 27.1. The van der Waals surface area contributed by atoms with Gasteiger partial charge >= 0.3 is 0 Å². The third kappa shape index (κ3) is 5.40. The number of nitrogens with one attached hydrogen (secondary N) is 2. The Morgan fingerprint density at radius 1 is 1.20 bits per heavy atom. The van der Waals surface area contributed by atoms with Crippen molar-refractivity contribution in [3.05, 3.63) is 28.8 Å². The van der Waals surface area contributed by atoms with E-state index >= 15 is 0 Å². The zero-order chi connectivity index (χ0) is 15.0. The van der Waals surface area contributed by atoms with Crippen LogP contribution in [-0.2, 0) is 16.6 Å². The van der Waals surface area contributed by atoms with Crippen molar-refractivity contribution < 1.29 is 8.42 Å². The zero-order valence-electron chi connectivity index (χ0n) is 12.1. The summed E-state index contributed by atoms with van der Waals surface area (Å²) in [4.78, 5) is 0.155. The first-order valence-corrected chi connectivity index (χ1v) is 8.80. The van der Waals surface area contributed by atoms with E-state index in [1.54, 1.807) is 12.1 Å². The molecule has 0 amide bonds. The molecule has 0 radical (unpaired) electrons. The number of unbranched alkanes of at least 4 members (excludes halogenated alkanes) is 3. The van der Waals surface area contributed by atoms with Crippen molar-refractivity contribution in [1.29, 1.82) is 0 Å². The smallest absolute Gasteiger partial charge is 0.242 e. The second-order valence-corrected chi connectivity index (χ2v) is 6.90. The predicted octanol–water partition coefficient (Wildman–Crippen LogP) is 2.92. The fourth-order valence-electron chi connectivity index (χ4n) is 1.90. The maximum Gasteiger partial charge on any atom is 0.242 e. The highest BCUT2D eigenvalue weighted by molar-refractivity contribution is 7.89. The fraction of sp³-hybridized carbons (Fsp3) is 0.571. The van der Waals surface area contributed by atoms with Crippen molar-refractivity contribution >= 4 is 21.6 Å². The molecule has 0 saturated carbocycles. The van der Waals surface area contributed by atoms with Gasteiger partial charge in [-0.3, -0.25) is 0 Å². The first-order valence-electron chi connectivity index (χ1n) is 6.94. The monoisotopic (exact) mass is 318 g/mol. The Kier molecular flexibility index (Phi) is 7.51. The topological polar surface area (TPSA) is 58.2 Å². The van der Waals surface area contributed by atoms with Gasteiger partial charge in [0.05, 0.1) is 5.02 Å². The molecule has 4 nitrogen and oxygen atoms in total. The summed E-state index contributed by atoms with van der Waals surface area (Å²) in [6.07, 6.45) is 4.14. The second kappa shape index (κ2) is 8.62. The van der Waals surface area contributed by atoms with Gasteiger partial charge < -0.3 is 5.32 Å². The maximum atomic E-state index is 12.2. The van der Waals surface area contributed by atoms with Crippen LogP contribution in [-0.4, -0.2) is 22.0 Å². The average molecular weight is 319 g/mol. The van der Waals surface area contributed by atoms with E-state index in [1.807, 2.05) is 13.1 Å². The third-order valence-electron chi connectivity index (χ3n) is 2.99. The van der Waals surface area contributed by atoms with Crippen molar-refractivity contribution in [3.63, 3.8) is 0 Å². The molecule has 0 spiro atoms. The lowest BCUT2D eigenvalue weighted by molar-refractivity contribution is 0.573. The summed E-state index contributed by atoms with van der Waals surface area (Å²) in [5.41, 5.74) is 0.892. The SMILES string of the molecule is CCCCCCNS(=O)(=O)c1cc(CNC)ccc1Cl. The summed E-state index contributed by atoms with van der Waals surface area (Å²) in [5, 5.41) is 3.25. The molecule has 2 N–H and O–H groups in total. The molecule has 0 bridgehead atoms. The van der Waals surface area contributed by atoms with Gasteiger partial charge in [-0.2, -0.15) is 0 Å². The molecule has 20 heavy (non-hydrogen) atoms. The highest BCUT2D eigenvalue weighted by Crippen LogP contribution is 2.22. The molecule has 114 valence electrons. The molecule has 0 aliphatic rings. The lowest BCUT2D eigenvalue weighted by Crippen LogP contribution is -2.25. The first kappa shape index (κ1) is 17.4. The minimum Gasteiger partial charge on any atom is -0.316 e. The van der Waals surface area contributed by atoms with Crippen LogP contribution in [0.25, 0.3) is 0 Å². The Hall–Kier alpha value is -0.620. The number of hydrogen-bond acceptors (Lipinski definition) is 3. The summed E-state index contributed by atoms with van der Waals surface area (Å²) in [6.45, 7) is 3.18. The minimum absolute atomic E-state index is 0.155. The normalized spacial score (nSPS) is 11.8. The average Bonchev–Trinajstić information content (AvgIpc) is 2.41. The van der Waals surface area contributed by atoms with E-state index in [4.69, 9.17) is 11.6 Å². The Labute approximate surface area is 127 Å². The quantitative estimate of drug-likeness (QED) is 0.688. The van der Waals surface area contributed by atoms with Gasteiger partial charge in [-0.05, 0) is 31.2 Å². The molecule has 0 unspecified atom stereocenters. The molecule has 1 rings (SSSR count). The van der Waals surface area contributed by atoms with Gasteiger partial charge in [0.25, 0.3) is 0 Å². The van der Waals surface area contributed by atoms with Gasteiger partial charge in [0.15, 0.2) is 0 Å². The molecule has 0 atom stereocenters. The third-order valence-corrected chi connectivity index (χ3v) is 4.93. The molecule has 1 aromatic carbocycles. The van der Waals surface area contributed by atoms with Crippen LogP contribution in [0.15, 0.2) is 23.1 Å². The van der Waals surface area contributed by atoms with Crippen molar-refractivity contribution in [1.82, 2.24) is 10.0 Å². The highest BCUT2D eigenvalue weighted by Gasteiger charge is 2.17. The molecular weight excluding hydrogens is 296 g/mol. The van der Waals surface area contributed by atoms with Crippen LogP contribution in [0.2, 0.25) is 5.02 Å². The summed E-state index contributed by atoms with van der Waals surface area (Å²) in [6, 6.07) is 5.06. The molecule has 1 aromatic rings. The Bertz CT molecular complexity index is 518. The Balaban J connectivity index is 2.73. The highest BCUT2D eigenvalue weighted by atomic mass is 35.5. The predicted molar refractivity (Wildman–Crippen MR) is 83.5 cm³/mol. The van der Waals surface area contributed by atoms with E-state index in [0.29, 0.717) is 13.1 Å². The van der Waals surface area contributed by atoms with Crippen LogP contribution in [0.5, 0.6) is 0 Å². The molecular formula is C14H23ClN2O2S. The molecule has 0 fully saturated rings. The van der Waals surface area contributed by atoms with Crippen molar-refractivity contribution in [3.8, 4) is 0 Å². The van der Waals surface area contributed by atoms with Crippen LogP contribution in [0, 0.1) is 0 Å². The molecule has 0 heterocycles. The van der Waals surface area contributed by atoms with Gasteiger partial charge in [-0.25, -0.2) is 13.1 Å². The van der Waals surface area contributed by atoms with Gasteiger partial charge in [0, 0.05) is 13.1 Å². The van der Waals surface area contributed by atoms with Crippen molar-refractivity contribution in [2.75, 3.05) is 13.6 Å². The van der Waals surface area contributed by atoms with E-state index < -0.39 is 10.0 Å². The zero-order valence-corrected chi connectivity index (χ0v) is 13.6. The molecule has 0 aromatic heterocycles. The van der Waals surface area contributed by atoms with Gasteiger partial charge in [0.2, 0.25) is 10.0 Å². The molecule has 6 heteroatoms. The first-order chi connectivity index (χ1) is 9.51. The van der Waals surface area contributed by atoms with Gasteiger partial charge in [0.1, 0.15) is 4.90 Å². The van der Waals surface area contributed by atoms with E-state index in [0.717, 1.165) is 31.2 Å². The van der Waals surface area contributed by atoms with Gasteiger partial charge in [-0.1, -0.05) is 43.9 Å². The van der Waals surface area contributed by atoms with Crippen LogP contribution < -0.4 is 10.0 Å². The maximum absolute atomic E-state index is 12.2. The largest absolute Gasteiger partial charge is 0.316 e. The van der Waals surface area contributed by atoms with Crippen LogP contribution in [0.4, 0.5) is 0 Å². The van der Waals surface area contributed by atoms with Gasteiger partial charge in [-0.15, -0.1) is 0 Å². The van der Waals surface area contributed by atoms with E-state index in [-0.39, 0.29) is 9.92 Å². The fourth-order valence-corrected chi connectivity index (χ4v) is 3.53. The second-order valence-electron chi connectivity index (χ2n) is 4.75. The van der Waals surface area contributed by atoms with Crippen molar-refractivity contribution in [2.45, 2.75) is 44.0 Å². The van der Waals surface area contributed by atoms with E-state index in [1.165, 1.54) is 0 Å². The lowest BCUT2D eigenvalue weighted by Gasteiger charge is -2.10. The summed E-state index contributed by atoms with van der Waals surface area (Å²) in [5.74, 6) is 0. The lowest BCUT2D eigenvalue weighted by atomic mass is 10.2. The molecule has 0 aliphatic heterocycles. The standard InChI is InChI=1S/C14H23ClN2O2S/c1-3-4-5-6-9-17-20(18,19)14-10-12(11-16-2)7-8-13(14)15/h7-8,10,16-17H,3-6,9,11H2,1-2H3. The number of rotatable bonds is 9. The van der Waals surface area contributed by atoms with Crippen LogP contribution >= 0.6 is 11.6 Å². The van der Waals surface area contributed by atoms with E-state index in [9.17, 15) is 8.42 Å². The summed E-state index contributed by atoms with van der Waals surface area (Å²) >= 11 is 6.00.